The molecule has 21 heavy (non-hydrogen) atoms. The van der Waals surface area contributed by atoms with Crippen molar-refractivity contribution in [2.45, 2.75) is 13.5 Å². The summed E-state index contributed by atoms with van der Waals surface area (Å²) in [5.41, 5.74) is 3.38. The lowest BCUT2D eigenvalue weighted by Crippen LogP contribution is -2.23. The summed E-state index contributed by atoms with van der Waals surface area (Å²) >= 11 is 0. The molecule has 2 aromatic rings. The van der Waals surface area contributed by atoms with Gasteiger partial charge in [-0.3, -0.25) is 4.79 Å². The third-order valence-electron chi connectivity index (χ3n) is 3.05. The Balaban J connectivity index is 2.08. The number of hydrogen-bond acceptors (Lipinski definition) is 2. The van der Waals surface area contributed by atoms with Gasteiger partial charge in [0.2, 0.25) is 0 Å². The first-order valence-electron chi connectivity index (χ1n) is 6.73. The van der Waals surface area contributed by atoms with Crippen LogP contribution in [0, 0.1) is 18.8 Å². The van der Waals surface area contributed by atoms with Crippen molar-refractivity contribution in [2.24, 2.45) is 0 Å². The maximum absolute atomic E-state index is 12.2. The fourth-order valence-corrected chi connectivity index (χ4v) is 1.91. The molecule has 0 bridgehead atoms. The van der Waals surface area contributed by atoms with Crippen LogP contribution in [-0.2, 0) is 6.54 Å². The molecule has 0 aliphatic heterocycles. The molecule has 106 valence electrons. The third kappa shape index (κ3) is 4.20. The zero-order valence-electron chi connectivity index (χ0n) is 11.9. The molecule has 2 aromatic carbocycles. The Hall–Kier alpha value is -2.57. The zero-order chi connectivity index (χ0) is 15.1. The molecule has 3 heteroatoms. The molecule has 0 saturated carbocycles. The van der Waals surface area contributed by atoms with E-state index in [1.807, 2.05) is 37.3 Å². The minimum Gasteiger partial charge on any atom is -0.384 e. The first-order chi connectivity index (χ1) is 10.2. The summed E-state index contributed by atoms with van der Waals surface area (Å²) in [7, 11) is 0. The minimum atomic E-state index is -0.223. The first-order valence-corrected chi connectivity index (χ1v) is 6.73. The number of nitrogens with one attached hydrogen (secondary N) is 1. The molecule has 0 spiro atoms. The molecule has 1 amide bonds. The van der Waals surface area contributed by atoms with Crippen LogP contribution in [0.15, 0.2) is 48.5 Å². The Labute approximate surface area is 124 Å². The zero-order valence-corrected chi connectivity index (χ0v) is 11.9. The van der Waals surface area contributed by atoms with Crippen LogP contribution in [0.1, 0.15) is 27.0 Å². The van der Waals surface area contributed by atoms with Crippen LogP contribution >= 0.6 is 0 Å². The highest BCUT2D eigenvalue weighted by molar-refractivity contribution is 5.96. The topological polar surface area (TPSA) is 49.3 Å². The summed E-state index contributed by atoms with van der Waals surface area (Å²) in [5.74, 6) is 5.19. The molecule has 2 N–H and O–H groups in total. The number of carbonyl (C=O) groups is 1. The van der Waals surface area contributed by atoms with E-state index in [-0.39, 0.29) is 12.5 Å². The molecule has 0 unspecified atom stereocenters. The number of carbonyl (C=O) groups excluding carboxylic acids is 1. The van der Waals surface area contributed by atoms with Crippen molar-refractivity contribution in [3.8, 4) is 11.8 Å². The fourth-order valence-electron chi connectivity index (χ4n) is 1.91. The van der Waals surface area contributed by atoms with E-state index >= 15 is 0 Å². The van der Waals surface area contributed by atoms with Crippen LogP contribution in [-0.4, -0.2) is 17.6 Å². The summed E-state index contributed by atoms with van der Waals surface area (Å²) in [5, 5.41) is 11.6. The van der Waals surface area contributed by atoms with E-state index in [0.717, 1.165) is 5.56 Å². The Morgan fingerprint density at radius 3 is 2.57 bits per heavy atom. The molecular formula is C18H17NO2. The normalized spacial score (nSPS) is 9.62. The predicted octanol–water partition coefficient (Wildman–Crippen LogP) is 2.27. The first kappa shape index (κ1) is 14.8. The Kier molecular flexibility index (Phi) is 5.14. The van der Waals surface area contributed by atoms with Crippen molar-refractivity contribution in [3.05, 3.63) is 70.8 Å². The highest BCUT2D eigenvalue weighted by atomic mass is 16.2. The van der Waals surface area contributed by atoms with Gasteiger partial charge >= 0.3 is 0 Å². The quantitative estimate of drug-likeness (QED) is 0.847. The van der Waals surface area contributed by atoms with Crippen LogP contribution in [0.2, 0.25) is 0 Å². The van der Waals surface area contributed by atoms with E-state index in [1.165, 1.54) is 5.56 Å². The molecular weight excluding hydrogens is 262 g/mol. The van der Waals surface area contributed by atoms with Gasteiger partial charge in [-0.25, -0.2) is 0 Å². The monoisotopic (exact) mass is 279 g/mol. The van der Waals surface area contributed by atoms with E-state index < -0.39 is 0 Å². The standard InChI is InChI=1S/C18H17NO2/c1-14-8-10-15(11-9-14)13-19-18(21)17-7-3-2-5-16(17)6-4-12-20/h2-3,5,7-11,20H,12-13H2,1H3,(H,19,21). The van der Waals surface area contributed by atoms with E-state index in [1.54, 1.807) is 18.2 Å². The second-order valence-corrected chi connectivity index (χ2v) is 4.67. The summed E-state index contributed by atoms with van der Waals surface area (Å²) in [6, 6.07) is 15.1. The van der Waals surface area contributed by atoms with Crippen molar-refractivity contribution in [3.63, 3.8) is 0 Å². The maximum atomic E-state index is 12.2. The summed E-state index contributed by atoms with van der Waals surface area (Å²) in [6.07, 6.45) is 0. The highest BCUT2D eigenvalue weighted by Gasteiger charge is 2.08. The Morgan fingerprint density at radius 2 is 1.86 bits per heavy atom. The molecule has 0 heterocycles. The smallest absolute Gasteiger partial charge is 0.252 e. The number of aryl methyl sites for hydroxylation is 1. The van der Waals surface area contributed by atoms with Crippen LogP contribution in [0.5, 0.6) is 0 Å². The van der Waals surface area contributed by atoms with Gasteiger partial charge in [0.1, 0.15) is 6.61 Å². The van der Waals surface area contributed by atoms with Crippen LogP contribution < -0.4 is 5.32 Å². The van der Waals surface area contributed by atoms with Gasteiger partial charge < -0.3 is 10.4 Å². The highest BCUT2D eigenvalue weighted by Crippen LogP contribution is 2.08. The number of amides is 1. The van der Waals surface area contributed by atoms with Crippen molar-refractivity contribution < 1.29 is 9.90 Å². The van der Waals surface area contributed by atoms with Gasteiger partial charge in [0.25, 0.3) is 5.91 Å². The second kappa shape index (κ2) is 7.28. The predicted molar refractivity (Wildman–Crippen MR) is 82.8 cm³/mol. The molecule has 3 nitrogen and oxygen atoms in total. The average molecular weight is 279 g/mol. The lowest BCUT2D eigenvalue weighted by molar-refractivity contribution is 0.0950. The van der Waals surface area contributed by atoms with Gasteiger partial charge in [0.05, 0.1) is 5.56 Å². The molecule has 0 atom stereocenters. The van der Waals surface area contributed by atoms with Gasteiger partial charge in [-0.2, -0.15) is 0 Å². The van der Waals surface area contributed by atoms with Crippen molar-refractivity contribution in [2.75, 3.05) is 6.61 Å². The van der Waals surface area contributed by atoms with Gasteiger partial charge in [-0.05, 0) is 24.6 Å². The van der Waals surface area contributed by atoms with E-state index in [4.69, 9.17) is 5.11 Å². The summed E-state index contributed by atoms with van der Waals surface area (Å²) in [4.78, 5) is 12.2. The molecule has 0 fully saturated rings. The fraction of sp³-hybridized carbons (Fsp3) is 0.167. The van der Waals surface area contributed by atoms with Gasteiger partial charge in [-0.1, -0.05) is 53.8 Å². The Morgan fingerprint density at radius 1 is 1.14 bits per heavy atom. The summed E-state index contributed by atoms with van der Waals surface area (Å²) in [6.45, 7) is 2.28. The van der Waals surface area contributed by atoms with Crippen LogP contribution in [0.25, 0.3) is 0 Å². The molecule has 0 saturated heterocycles. The average Bonchev–Trinajstić information content (AvgIpc) is 2.52. The molecule has 0 aromatic heterocycles. The number of rotatable bonds is 3. The number of aliphatic hydroxyl groups excluding tert-OH is 1. The molecule has 0 aliphatic rings. The largest absolute Gasteiger partial charge is 0.384 e. The van der Waals surface area contributed by atoms with Gasteiger partial charge in [0.15, 0.2) is 0 Å². The van der Waals surface area contributed by atoms with E-state index in [9.17, 15) is 4.79 Å². The third-order valence-corrected chi connectivity index (χ3v) is 3.05. The number of aliphatic hydroxyl groups is 1. The number of hydrogen-bond donors (Lipinski definition) is 2. The van der Waals surface area contributed by atoms with Gasteiger partial charge in [-0.15, -0.1) is 0 Å². The molecule has 0 aliphatic carbocycles. The van der Waals surface area contributed by atoms with Crippen molar-refractivity contribution in [1.29, 1.82) is 0 Å². The minimum absolute atomic E-state index is 0.168. The van der Waals surface area contributed by atoms with Crippen LogP contribution in [0.3, 0.4) is 0 Å². The van der Waals surface area contributed by atoms with Gasteiger partial charge in [0, 0.05) is 12.1 Å². The maximum Gasteiger partial charge on any atom is 0.252 e. The van der Waals surface area contributed by atoms with E-state index in [2.05, 4.69) is 17.2 Å². The second-order valence-electron chi connectivity index (χ2n) is 4.67. The van der Waals surface area contributed by atoms with Crippen molar-refractivity contribution >= 4 is 5.91 Å². The molecule has 2 rings (SSSR count). The van der Waals surface area contributed by atoms with Crippen molar-refractivity contribution in [1.82, 2.24) is 5.32 Å². The van der Waals surface area contributed by atoms with E-state index in [0.29, 0.717) is 17.7 Å². The summed E-state index contributed by atoms with van der Waals surface area (Å²) < 4.78 is 0. The lowest BCUT2D eigenvalue weighted by Gasteiger charge is -2.07. The lowest BCUT2D eigenvalue weighted by atomic mass is 10.1. The number of benzene rings is 2. The van der Waals surface area contributed by atoms with Crippen LogP contribution in [0.4, 0.5) is 0 Å². The molecule has 0 radical (unpaired) electrons. The SMILES string of the molecule is Cc1ccc(CNC(=O)c2ccccc2C#CCO)cc1. The Bertz CT molecular complexity index is 678.